The van der Waals surface area contributed by atoms with Crippen molar-refractivity contribution < 1.29 is 13.2 Å². The summed E-state index contributed by atoms with van der Waals surface area (Å²) >= 11 is 0. The minimum absolute atomic E-state index is 0.00443. The Bertz CT molecular complexity index is 292. The molecule has 1 N–H and O–H groups in total. The number of hydrogen-bond donors (Lipinski definition) is 1. The molecule has 0 saturated heterocycles. The average molecular weight is 204 g/mol. The minimum Gasteiger partial charge on any atom is -0.313 e. The molecule has 0 aromatic carbocycles. The lowest BCUT2D eigenvalue weighted by atomic mass is 10.1. The molecule has 0 aliphatic carbocycles. The Hall–Kier alpha value is -1.10. The van der Waals surface area contributed by atoms with E-state index in [-0.39, 0.29) is 6.04 Å². The van der Waals surface area contributed by atoms with Gasteiger partial charge in [-0.3, -0.25) is 4.98 Å². The van der Waals surface area contributed by atoms with Gasteiger partial charge in [-0.25, -0.2) is 0 Å². The molecule has 78 valence electrons. The molecule has 0 unspecified atom stereocenters. The van der Waals surface area contributed by atoms with Crippen LogP contribution in [0, 0.1) is 0 Å². The van der Waals surface area contributed by atoms with Crippen molar-refractivity contribution in [2.45, 2.75) is 19.1 Å². The zero-order valence-corrected chi connectivity index (χ0v) is 7.89. The molecule has 0 radical (unpaired) electrons. The third-order valence-corrected chi connectivity index (χ3v) is 2.01. The van der Waals surface area contributed by atoms with Gasteiger partial charge in [-0.15, -0.1) is 0 Å². The molecule has 0 aliphatic rings. The van der Waals surface area contributed by atoms with Crippen LogP contribution in [-0.2, 0) is 6.18 Å². The summed E-state index contributed by atoms with van der Waals surface area (Å²) in [6.07, 6.45) is -3.12. The third-order valence-electron chi connectivity index (χ3n) is 2.01. The predicted octanol–water partition coefficient (Wildman–Crippen LogP) is 2.38. The first-order chi connectivity index (χ1) is 6.45. The standard InChI is InChI=1S/C9H11F3N2/c1-6(13-2)7-3-4-8(14-5-7)9(10,11)12/h3-6,13H,1-2H3/t6-/m0/s1. The summed E-state index contributed by atoms with van der Waals surface area (Å²) in [6, 6.07) is 2.42. The van der Waals surface area contributed by atoms with E-state index >= 15 is 0 Å². The highest BCUT2D eigenvalue weighted by atomic mass is 19.4. The van der Waals surface area contributed by atoms with Crippen LogP contribution in [0.25, 0.3) is 0 Å². The molecule has 2 nitrogen and oxygen atoms in total. The molecule has 0 amide bonds. The van der Waals surface area contributed by atoms with E-state index in [9.17, 15) is 13.2 Å². The van der Waals surface area contributed by atoms with Gasteiger partial charge < -0.3 is 5.32 Å². The Labute approximate surface area is 80.2 Å². The lowest BCUT2D eigenvalue weighted by Gasteiger charge is -2.11. The smallest absolute Gasteiger partial charge is 0.313 e. The summed E-state index contributed by atoms with van der Waals surface area (Å²) in [5, 5.41) is 2.92. The number of pyridine rings is 1. The predicted molar refractivity (Wildman–Crippen MR) is 46.7 cm³/mol. The maximum atomic E-state index is 12.1. The molecule has 1 rings (SSSR count). The zero-order valence-electron chi connectivity index (χ0n) is 7.89. The van der Waals surface area contributed by atoms with E-state index < -0.39 is 11.9 Å². The number of hydrogen-bond acceptors (Lipinski definition) is 2. The SMILES string of the molecule is CN[C@@H](C)c1ccc(C(F)(F)F)nc1. The van der Waals surface area contributed by atoms with Gasteiger partial charge in [-0.2, -0.15) is 13.2 Å². The number of nitrogens with one attached hydrogen (secondary N) is 1. The van der Waals surface area contributed by atoms with Gasteiger partial charge in [-0.05, 0) is 25.6 Å². The van der Waals surface area contributed by atoms with Crippen LogP contribution < -0.4 is 5.32 Å². The number of rotatable bonds is 2. The van der Waals surface area contributed by atoms with Crippen molar-refractivity contribution in [1.29, 1.82) is 0 Å². The van der Waals surface area contributed by atoms with E-state index in [1.807, 2.05) is 6.92 Å². The molecule has 0 bridgehead atoms. The quantitative estimate of drug-likeness (QED) is 0.800. The molecule has 1 heterocycles. The van der Waals surface area contributed by atoms with E-state index in [2.05, 4.69) is 10.3 Å². The van der Waals surface area contributed by atoms with Gasteiger partial charge in [0.15, 0.2) is 0 Å². The summed E-state index contributed by atoms with van der Waals surface area (Å²) in [5.41, 5.74) is -0.120. The van der Waals surface area contributed by atoms with Crippen molar-refractivity contribution in [2.75, 3.05) is 7.05 Å². The Kier molecular flexibility index (Phi) is 3.10. The van der Waals surface area contributed by atoms with Gasteiger partial charge >= 0.3 is 6.18 Å². The lowest BCUT2D eigenvalue weighted by Crippen LogP contribution is -2.14. The minimum atomic E-state index is -4.36. The van der Waals surface area contributed by atoms with Crippen molar-refractivity contribution in [3.05, 3.63) is 29.6 Å². The van der Waals surface area contributed by atoms with E-state index in [1.54, 1.807) is 7.05 Å². The van der Waals surface area contributed by atoms with E-state index in [0.29, 0.717) is 0 Å². The van der Waals surface area contributed by atoms with Crippen LogP contribution in [0.15, 0.2) is 18.3 Å². The molecule has 0 aliphatic heterocycles. The van der Waals surface area contributed by atoms with Gasteiger partial charge in [-0.1, -0.05) is 6.07 Å². The summed E-state index contributed by atoms with van der Waals surface area (Å²) in [6.45, 7) is 1.85. The van der Waals surface area contributed by atoms with Crippen molar-refractivity contribution in [3.63, 3.8) is 0 Å². The molecular formula is C9H11F3N2. The first kappa shape index (κ1) is 11.0. The van der Waals surface area contributed by atoms with Crippen LogP contribution in [0.4, 0.5) is 13.2 Å². The van der Waals surface area contributed by atoms with Crippen LogP contribution in [0.1, 0.15) is 24.2 Å². The Morgan fingerprint density at radius 1 is 1.36 bits per heavy atom. The van der Waals surface area contributed by atoms with Crippen molar-refractivity contribution in [3.8, 4) is 0 Å². The zero-order chi connectivity index (χ0) is 10.8. The second-order valence-electron chi connectivity index (χ2n) is 2.98. The van der Waals surface area contributed by atoms with Gasteiger partial charge in [0.05, 0.1) is 0 Å². The number of halogens is 3. The third kappa shape index (κ3) is 2.45. The number of nitrogens with zero attached hydrogens (tertiary/aromatic N) is 1. The van der Waals surface area contributed by atoms with Crippen LogP contribution in [0.3, 0.4) is 0 Å². The van der Waals surface area contributed by atoms with Crippen LogP contribution >= 0.6 is 0 Å². The largest absolute Gasteiger partial charge is 0.433 e. The molecule has 0 fully saturated rings. The summed E-state index contributed by atoms with van der Waals surface area (Å²) < 4.78 is 36.4. The second-order valence-corrected chi connectivity index (χ2v) is 2.98. The molecule has 1 aromatic rings. The van der Waals surface area contributed by atoms with Crippen LogP contribution in [0.2, 0.25) is 0 Å². The van der Waals surface area contributed by atoms with Crippen LogP contribution in [0.5, 0.6) is 0 Å². The normalized spacial score (nSPS) is 14.1. The van der Waals surface area contributed by atoms with Crippen molar-refractivity contribution in [2.24, 2.45) is 0 Å². The fourth-order valence-electron chi connectivity index (χ4n) is 0.996. The average Bonchev–Trinajstić information content (AvgIpc) is 2.15. The van der Waals surface area contributed by atoms with Gasteiger partial charge in [0.1, 0.15) is 5.69 Å². The van der Waals surface area contributed by atoms with Crippen molar-refractivity contribution >= 4 is 0 Å². The molecule has 0 saturated carbocycles. The monoisotopic (exact) mass is 204 g/mol. The van der Waals surface area contributed by atoms with E-state index in [4.69, 9.17) is 0 Å². The molecule has 0 spiro atoms. The summed E-state index contributed by atoms with van der Waals surface area (Å²) in [7, 11) is 1.74. The summed E-state index contributed by atoms with van der Waals surface area (Å²) in [4.78, 5) is 3.35. The fraction of sp³-hybridized carbons (Fsp3) is 0.444. The van der Waals surface area contributed by atoms with Crippen LogP contribution in [-0.4, -0.2) is 12.0 Å². The first-order valence-corrected chi connectivity index (χ1v) is 4.15. The first-order valence-electron chi connectivity index (χ1n) is 4.15. The van der Waals surface area contributed by atoms with E-state index in [1.165, 1.54) is 12.3 Å². The highest BCUT2D eigenvalue weighted by Crippen LogP contribution is 2.27. The molecular weight excluding hydrogens is 193 g/mol. The van der Waals surface area contributed by atoms with Crippen molar-refractivity contribution in [1.82, 2.24) is 10.3 Å². The molecule has 1 aromatic heterocycles. The van der Waals surface area contributed by atoms with Gasteiger partial charge in [0, 0.05) is 12.2 Å². The Morgan fingerprint density at radius 2 is 2.00 bits per heavy atom. The number of aromatic nitrogens is 1. The lowest BCUT2D eigenvalue weighted by molar-refractivity contribution is -0.141. The maximum Gasteiger partial charge on any atom is 0.433 e. The topological polar surface area (TPSA) is 24.9 Å². The fourth-order valence-corrected chi connectivity index (χ4v) is 0.996. The Morgan fingerprint density at radius 3 is 2.36 bits per heavy atom. The number of alkyl halides is 3. The van der Waals surface area contributed by atoms with E-state index in [0.717, 1.165) is 11.6 Å². The maximum absolute atomic E-state index is 12.1. The van der Waals surface area contributed by atoms with Gasteiger partial charge in [0.25, 0.3) is 0 Å². The Balaban J connectivity index is 2.89. The molecule has 5 heteroatoms. The highest BCUT2D eigenvalue weighted by Gasteiger charge is 2.32. The highest BCUT2D eigenvalue weighted by molar-refractivity contribution is 5.18. The summed E-state index contributed by atoms with van der Waals surface area (Å²) in [5.74, 6) is 0. The molecule has 1 atom stereocenters. The second kappa shape index (κ2) is 3.96. The molecule has 14 heavy (non-hydrogen) atoms. The van der Waals surface area contributed by atoms with Gasteiger partial charge in [0.2, 0.25) is 0 Å².